The Kier molecular flexibility index (Phi) is 3.46. The molecule has 1 aromatic carbocycles. The van der Waals surface area contributed by atoms with Gasteiger partial charge in [-0.1, -0.05) is 18.2 Å². The summed E-state index contributed by atoms with van der Waals surface area (Å²) in [5.41, 5.74) is 1.77. The molecule has 0 aliphatic carbocycles. The lowest BCUT2D eigenvalue weighted by Gasteiger charge is -2.06. The summed E-state index contributed by atoms with van der Waals surface area (Å²) in [6, 6.07) is 9.65. The lowest BCUT2D eigenvalue weighted by Crippen LogP contribution is -2.12. The molecule has 0 saturated carbocycles. The molecule has 1 aromatic heterocycles. The van der Waals surface area contributed by atoms with E-state index in [-0.39, 0.29) is 18.7 Å². The molecule has 0 saturated heterocycles. The zero-order valence-electron chi connectivity index (χ0n) is 10.2. The number of aryl methyl sites for hydroxylation is 1. The Morgan fingerprint density at radius 1 is 1.22 bits per heavy atom. The summed E-state index contributed by atoms with van der Waals surface area (Å²) in [5, 5.41) is 9.59. The van der Waals surface area contributed by atoms with Crippen LogP contribution < -0.4 is 0 Å². The van der Waals surface area contributed by atoms with Gasteiger partial charge in [0, 0.05) is 23.9 Å². The molecule has 0 atom stereocenters. The zero-order valence-corrected chi connectivity index (χ0v) is 10.2. The maximum Gasteiger partial charge on any atom is 0.303 e. The normalized spacial score (nSPS) is 10.7. The van der Waals surface area contributed by atoms with Crippen molar-refractivity contribution in [1.29, 1.82) is 0 Å². The molecule has 4 heteroatoms. The van der Waals surface area contributed by atoms with Gasteiger partial charge in [-0.15, -0.1) is 0 Å². The first-order valence-electron chi connectivity index (χ1n) is 5.91. The smallest absolute Gasteiger partial charge is 0.303 e. The van der Waals surface area contributed by atoms with Gasteiger partial charge in [0.15, 0.2) is 0 Å². The van der Waals surface area contributed by atoms with Crippen LogP contribution in [0.25, 0.3) is 10.9 Å². The first-order chi connectivity index (χ1) is 8.59. The van der Waals surface area contributed by atoms with Crippen molar-refractivity contribution in [3.8, 4) is 0 Å². The van der Waals surface area contributed by atoms with Crippen molar-refractivity contribution in [3.63, 3.8) is 0 Å². The molecule has 94 valence electrons. The van der Waals surface area contributed by atoms with Gasteiger partial charge in [-0.05, 0) is 25.5 Å². The Hall–Kier alpha value is -2.10. The van der Waals surface area contributed by atoms with Gasteiger partial charge >= 0.3 is 5.97 Å². The number of hydrogen-bond acceptors (Lipinski definition) is 2. The quantitative estimate of drug-likeness (QED) is 0.901. The van der Waals surface area contributed by atoms with Gasteiger partial charge in [-0.25, -0.2) is 0 Å². The number of para-hydroxylation sites is 1. The van der Waals surface area contributed by atoms with Crippen molar-refractivity contribution in [3.05, 3.63) is 36.0 Å². The van der Waals surface area contributed by atoms with Crippen molar-refractivity contribution >= 4 is 22.8 Å². The van der Waals surface area contributed by atoms with Gasteiger partial charge in [-0.2, -0.15) is 0 Å². The fraction of sp³-hybridized carbons (Fsp3) is 0.286. The van der Waals surface area contributed by atoms with Crippen molar-refractivity contribution in [2.24, 2.45) is 0 Å². The number of hydrogen-bond donors (Lipinski definition) is 1. The Bertz CT molecular complexity index is 598. The molecule has 0 bridgehead atoms. The highest BCUT2D eigenvalue weighted by molar-refractivity contribution is 5.93. The minimum Gasteiger partial charge on any atom is -0.481 e. The molecule has 0 amide bonds. The number of nitrogens with zero attached hydrogens (tertiary/aromatic N) is 1. The average Bonchev–Trinajstić information content (AvgIpc) is 2.64. The SMILES string of the molecule is Cc1cc2ccccc2n1C(=O)CCCC(=O)O. The van der Waals surface area contributed by atoms with E-state index < -0.39 is 5.97 Å². The summed E-state index contributed by atoms with van der Waals surface area (Å²) in [6.07, 6.45) is 0.663. The Morgan fingerprint density at radius 2 is 1.94 bits per heavy atom. The van der Waals surface area contributed by atoms with Crippen LogP contribution >= 0.6 is 0 Å². The first-order valence-corrected chi connectivity index (χ1v) is 5.91. The molecular weight excluding hydrogens is 230 g/mol. The number of carboxylic acid groups (broad SMARTS) is 1. The number of fused-ring (bicyclic) bond motifs is 1. The summed E-state index contributed by atoms with van der Waals surface area (Å²) in [4.78, 5) is 22.5. The number of carboxylic acids is 1. The molecule has 0 unspecified atom stereocenters. The zero-order chi connectivity index (χ0) is 13.1. The van der Waals surface area contributed by atoms with Gasteiger partial charge in [0.25, 0.3) is 0 Å². The standard InChI is InChI=1S/C14H15NO3/c1-10-9-11-5-2-3-6-12(11)15(10)13(16)7-4-8-14(17)18/h2-3,5-6,9H,4,7-8H2,1H3,(H,17,18). The third-order valence-electron chi connectivity index (χ3n) is 2.93. The van der Waals surface area contributed by atoms with Crippen molar-refractivity contribution in [1.82, 2.24) is 4.57 Å². The number of rotatable bonds is 4. The lowest BCUT2D eigenvalue weighted by atomic mass is 10.2. The topological polar surface area (TPSA) is 59.3 Å². The molecule has 4 nitrogen and oxygen atoms in total. The van der Waals surface area contributed by atoms with Crippen LogP contribution in [0.5, 0.6) is 0 Å². The van der Waals surface area contributed by atoms with E-state index in [1.165, 1.54) is 0 Å². The second-order valence-electron chi connectivity index (χ2n) is 4.32. The van der Waals surface area contributed by atoms with Crippen molar-refractivity contribution in [2.45, 2.75) is 26.2 Å². The molecule has 0 aliphatic heterocycles. The number of aromatic nitrogens is 1. The predicted octanol–water partition coefficient (Wildman–Crippen LogP) is 2.84. The molecule has 0 fully saturated rings. The lowest BCUT2D eigenvalue weighted by molar-refractivity contribution is -0.137. The Balaban J connectivity index is 2.22. The molecule has 2 rings (SSSR count). The van der Waals surface area contributed by atoms with E-state index in [1.54, 1.807) is 4.57 Å². The summed E-state index contributed by atoms with van der Waals surface area (Å²) >= 11 is 0. The predicted molar refractivity (Wildman–Crippen MR) is 68.8 cm³/mol. The van der Waals surface area contributed by atoms with E-state index in [4.69, 9.17) is 5.11 Å². The van der Waals surface area contributed by atoms with E-state index in [2.05, 4.69) is 0 Å². The average molecular weight is 245 g/mol. The number of carbonyl (C=O) groups excluding carboxylic acids is 1. The van der Waals surface area contributed by atoms with Gasteiger partial charge in [-0.3, -0.25) is 14.2 Å². The van der Waals surface area contributed by atoms with Crippen molar-refractivity contribution in [2.75, 3.05) is 0 Å². The van der Waals surface area contributed by atoms with Gasteiger partial charge in [0.05, 0.1) is 5.52 Å². The Labute approximate surface area is 105 Å². The van der Waals surface area contributed by atoms with Gasteiger partial charge in [0.2, 0.25) is 5.91 Å². The van der Waals surface area contributed by atoms with Crippen LogP contribution in [0.3, 0.4) is 0 Å². The second-order valence-corrected chi connectivity index (χ2v) is 4.32. The van der Waals surface area contributed by atoms with Crippen LogP contribution in [0, 0.1) is 6.92 Å². The largest absolute Gasteiger partial charge is 0.481 e. The van der Waals surface area contributed by atoms with Gasteiger partial charge in [0.1, 0.15) is 0 Å². The fourth-order valence-electron chi connectivity index (χ4n) is 2.13. The summed E-state index contributed by atoms with van der Waals surface area (Å²) in [5.74, 6) is -0.910. The minimum absolute atomic E-state index is 0.0317. The van der Waals surface area contributed by atoms with Crippen LogP contribution in [0.15, 0.2) is 30.3 Å². The van der Waals surface area contributed by atoms with E-state index in [1.807, 2.05) is 37.3 Å². The van der Waals surface area contributed by atoms with E-state index in [0.29, 0.717) is 6.42 Å². The van der Waals surface area contributed by atoms with Crippen molar-refractivity contribution < 1.29 is 14.7 Å². The highest BCUT2D eigenvalue weighted by Gasteiger charge is 2.12. The molecular formula is C14H15NO3. The maximum atomic E-state index is 12.1. The van der Waals surface area contributed by atoms with E-state index >= 15 is 0 Å². The third-order valence-corrected chi connectivity index (χ3v) is 2.93. The number of benzene rings is 1. The summed E-state index contributed by atoms with van der Waals surface area (Å²) < 4.78 is 1.66. The monoisotopic (exact) mass is 245 g/mol. The van der Waals surface area contributed by atoms with Crippen LogP contribution in [0.1, 0.15) is 29.8 Å². The fourth-order valence-corrected chi connectivity index (χ4v) is 2.13. The molecule has 18 heavy (non-hydrogen) atoms. The summed E-state index contributed by atoms with van der Waals surface area (Å²) in [6.45, 7) is 1.88. The highest BCUT2D eigenvalue weighted by atomic mass is 16.4. The third kappa shape index (κ3) is 2.42. The molecule has 0 radical (unpaired) electrons. The van der Waals surface area contributed by atoms with E-state index in [9.17, 15) is 9.59 Å². The number of aliphatic carboxylic acids is 1. The minimum atomic E-state index is -0.864. The molecule has 1 heterocycles. The Morgan fingerprint density at radius 3 is 2.67 bits per heavy atom. The van der Waals surface area contributed by atoms with E-state index in [0.717, 1.165) is 16.6 Å². The molecule has 0 spiro atoms. The molecule has 1 N–H and O–H groups in total. The highest BCUT2D eigenvalue weighted by Crippen LogP contribution is 2.19. The molecule has 0 aliphatic rings. The van der Waals surface area contributed by atoms with Crippen LogP contribution in [-0.2, 0) is 4.79 Å². The van der Waals surface area contributed by atoms with Crippen LogP contribution in [0.4, 0.5) is 0 Å². The van der Waals surface area contributed by atoms with Crippen LogP contribution in [-0.4, -0.2) is 21.6 Å². The maximum absolute atomic E-state index is 12.1. The number of carbonyl (C=O) groups is 2. The summed E-state index contributed by atoms with van der Waals surface area (Å²) in [7, 11) is 0. The van der Waals surface area contributed by atoms with Crippen LogP contribution in [0.2, 0.25) is 0 Å². The second kappa shape index (κ2) is 5.04. The van der Waals surface area contributed by atoms with Gasteiger partial charge < -0.3 is 5.11 Å². The first kappa shape index (κ1) is 12.4. The molecule has 2 aromatic rings.